The third kappa shape index (κ3) is 2.70. The Morgan fingerprint density at radius 3 is 1.92 bits per heavy atom. The van der Waals surface area contributed by atoms with Crippen LogP contribution in [0.1, 0.15) is 12.5 Å². The highest BCUT2D eigenvalue weighted by molar-refractivity contribution is 7.91. The van der Waals surface area contributed by atoms with Gasteiger partial charge in [0.1, 0.15) is 0 Å². The van der Waals surface area contributed by atoms with Gasteiger partial charge in [-0.15, -0.1) is 0 Å². The summed E-state index contributed by atoms with van der Waals surface area (Å²) in [6.45, 7) is 2.08. The molecule has 0 N–H and O–H groups in total. The molecule has 0 bridgehead atoms. The van der Waals surface area contributed by atoms with Crippen molar-refractivity contribution in [3.63, 3.8) is 0 Å². The number of aryl methyl sites for hydroxylation is 1. The molecule has 5 nitrogen and oxygen atoms in total. The van der Waals surface area contributed by atoms with Crippen LogP contribution in [0.5, 0.6) is 0 Å². The van der Waals surface area contributed by atoms with E-state index >= 15 is 0 Å². The van der Waals surface area contributed by atoms with Gasteiger partial charge in [0.15, 0.2) is 9.84 Å². The van der Waals surface area contributed by atoms with E-state index in [4.69, 9.17) is 0 Å². The van der Waals surface area contributed by atoms with Crippen LogP contribution in [0.4, 0.5) is 16.2 Å². The fourth-order valence-corrected chi connectivity index (χ4v) is 5.71. The molecular formula is C19H20N2O3S. The third-order valence-corrected chi connectivity index (χ3v) is 6.72. The second-order valence-electron chi connectivity index (χ2n) is 6.59. The van der Waals surface area contributed by atoms with Crippen LogP contribution in [0.2, 0.25) is 0 Å². The first kappa shape index (κ1) is 16.1. The van der Waals surface area contributed by atoms with Gasteiger partial charge in [-0.05, 0) is 36.2 Å². The maximum absolute atomic E-state index is 13.1. The molecule has 25 heavy (non-hydrogen) atoms. The molecule has 2 aromatic carbocycles. The fraction of sp³-hybridized carbons (Fsp3) is 0.316. The van der Waals surface area contributed by atoms with Gasteiger partial charge in [-0.2, -0.15) is 0 Å². The zero-order chi connectivity index (χ0) is 17.6. The maximum Gasteiger partial charge on any atom is 0.329 e. The van der Waals surface area contributed by atoms with Crippen LogP contribution in [-0.2, 0) is 16.3 Å². The SMILES string of the molecule is CCc1ccc(N2C(=O)N(c3ccccc3)[C@H]3CS(=O)(=O)C[C@@H]32)cc1. The number of urea groups is 1. The Morgan fingerprint density at radius 2 is 1.40 bits per heavy atom. The summed E-state index contributed by atoms with van der Waals surface area (Å²) in [7, 11) is -3.16. The highest BCUT2D eigenvalue weighted by Crippen LogP contribution is 2.37. The van der Waals surface area contributed by atoms with Crippen LogP contribution < -0.4 is 9.80 Å². The summed E-state index contributed by atoms with van der Waals surface area (Å²) >= 11 is 0. The van der Waals surface area contributed by atoms with Gasteiger partial charge in [0.25, 0.3) is 0 Å². The second-order valence-corrected chi connectivity index (χ2v) is 8.74. The first-order valence-corrected chi connectivity index (χ1v) is 10.3. The Morgan fingerprint density at radius 1 is 0.880 bits per heavy atom. The predicted molar refractivity (Wildman–Crippen MR) is 98.8 cm³/mol. The van der Waals surface area contributed by atoms with E-state index in [-0.39, 0.29) is 29.6 Å². The minimum atomic E-state index is -3.16. The first-order valence-electron chi connectivity index (χ1n) is 8.47. The van der Waals surface area contributed by atoms with Crippen molar-refractivity contribution in [1.82, 2.24) is 0 Å². The molecule has 2 fully saturated rings. The molecule has 0 radical (unpaired) electrons. The molecule has 4 rings (SSSR count). The zero-order valence-corrected chi connectivity index (χ0v) is 14.8. The Hall–Kier alpha value is -2.34. The van der Waals surface area contributed by atoms with Gasteiger partial charge in [-0.1, -0.05) is 37.3 Å². The zero-order valence-electron chi connectivity index (χ0n) is 14.0. The molecule has 2 heterocycles. The Bertz CT molecular complexity index is 894. The molecule has 0 aromatic heterocycles. The number of carbonyl (C=O) groups is 1. The molecule has 2 atom stereocenters. The van der Waals surface area contributed by atoms with Crippen molar-refractivity contribution >= 4 is 27.2 Å². The first-order chi connectivity index (χ1) is 12.0. The normalized spacial score (nSPS) is 24.6. The van der Waals surface area contributed by atoms with Crippen molar-refractivity contribution in [3.05, 3.63) is 60.2 Å². The van der Waals surface area contributed by atoms with E-state index in [1.54, 1.807) is 9.80 Å². The van der Waals surface area contributed by atoms with Crippen molar-refractivity contribution in [2.45, 2.75) is 25.4 Å². The molecule has 0 unspecified atom stereocenters. The molecule has 2 aliphatic heterocycles. The number of hydrogen-bond donors (Lipinski definition) is 0. The number of carbonyl (C=O) groups excluding carboxylic acids is 1. The van der Waals surface area contributed by atoms with Crippen molar-refractivity contribution in [2.24, 2.45) is 0 Å². The summed E-state index contributed by atoms with van der Waals surface area (Å²) in [5.41, 5.74) is 2.69. The summed E-state index contributed by atoms with van der Waals surface area (Å²) in [4.78, 5) is 16.4. The van der Waals surface area contributed by atoms with E-state index in [9.17, 15) is 13.2 Å². The Labute approximate surface area is 147 Å². The number of sulfone groups is 1. The molecule has 2 saturated heterocycles. The van der Waals surface area contributed by atoms with Gasteiger partial charge in [-0.3, -0.25) is 9.80 Å². The van der Waals surface area contributed by atoms with Gasteiger partial charge < -0.3 is 0 Å². The third-order valence-electron chi connectivity index (χ3n) is 5.03. The van der Waals surface area contributed by atoms with Crippen LogP contribution in [0, 0.1) is 0 Å². The molecule has 0 spiro atoms. The van der Waals surface area contributed by atoms with Crippen molar-refractivity contribution in [3.8, 4) is 0 Å². The van der Waals surface area contributed by atoms with E-state index in [0.717, 1.165) is 17.8 Å². The fourth-order valence-electron chi connectivity index (χ4n) is 3.79. The summed E-state index contributed by atoms with van der Waals surface area (Å²) in [5.74, 6) is 0.0319. The minimum absolute atomic E-state index is 0.0157. The summed E-state index contributed by atoms with van der Waals surface area (Å²) in [5, 5.41) is 0. The lowest BCUT2D eigenvalue weighted by Gasteiger charge is -2.22. The lowest BCUT2D eigenvalue weighted by Crippen LogP contribution is -2.37. The van der Waals surface area contributed by atoms with Crippen molar-refractivity contribution in [1.29, 1.82) is 0 Å². The summed E-state index contributed by atoms with van der Waals surface area (Å²) in [6.07, 6.45) is 0.921. The van der Waals surface area contributed by atoms with Crippen molar-refractivity contribution in [2.75, 3.05) is 21.3 Å². The number of hydrogen-bond acceptors (Lipinski definition) is 3. The average Bonchev–Trinajstić information content (AvgIpc) is 3.04. The lowest BCUT2D eigenvalue weighted by molar-refractivity contribution is 0.255. The van der Waals surface area contributed by atoms with Crippen molar-refractivity contribution < 1.29 is 13.2 Å². The predicted octanol–water partition coefficient (Wildman–Crippen LogP) is 2.86. The van der Waals surface area contributed by atoms with Gasteiger partial charge in [0.2, 0.25) is 0 Å². The summed E-state index contributed by atoms with van der Waals surface area (Å²) in [6, 6.07) is 16.3. The van der Waals surface area contributed by atoms with Gasteiger partial charge >= 0.3 is 6.03 Å². The van der Waals surface area contributed by atoms with E-state index in [1.165, 1.54) is 5.56 Å². The van der Waals surface area contributed by atoms with E-state index in [2.05, 4.69) is 6.92 Å². The highest BCUT2D eigenvalue weighted by atomic mass is 32.2. The van der Waals surface area contributed by atoms with E-state index in [0.29, 0.717) is 0 Å². The van der Waals surface area contributed by atoms with Crippen LogP contribution in [0.25, 0.3) is 0 Å². The Kier molecular flexibility index (Phi) is 3.80. The van der Waals surface area contributed by atoms with Gasteiger partial charge in [-0.25, -0.2) is 13.2 Å². The largest absolute Gasteiger partial charge is 0.329 e. The number of fused-ring (bicyclic) bond motifs is 1. The van der Waals surface area contributed by atoms with Crippen LogP contribution in [0.3, 0.4) is 0 Å². The Balaban J connectivity index is 1.77. The number of rotatable bonds is 3. The highest BCUT2D eigenvalue weighted by Gasteiger charge is 2.54. The number of nitrogens with zero attached hydrogens (tertiary/aromatic N) is 2. The second kappa shape index (κ2) is 5.88. The standard InChI is InChI=1S/C19H20N2O3S/c1-2-14-8-10-16(11-9-14)21-18-13-25(23,24)12-17(18)20(19(21)22)15-6-4-3-5-7-15/h3-11,17-18H,2,12-13H2,1H3/t17-,18-/m0/s1. The maximum atomic E-state index is 13.1. The molecule has 2 amide bonds. The quantitative estimate of drug-likeness (QED) is 0.795. The molecule has 0 aliphatic carbocycles. The van der Waals surface area contributed by atoms with Crippen LogP contribution in [-0.4, -0.2) is 38.0 Å². The van der Waals surface area contributed by atoms with E-state index < -0.39 is 9.84 Å². The monoisotopic (exact) mass is 356 g/mol. The summed E-state index contributed by atoms with van der Waals surface area (Å²) < 4.78 is 24.5. The number of para-hydroxylation sites is 1. The average molecular weight is 356 g/mol. The molecule has 2 aromatic rings. The molecule has 2 aliphatic rings. The van der Waals surface area contributed by atoms with Gasteiger partial charge in [0.05, 0.1) is 23.6 Å². The molecular weight excluding hydrogens is 336 g/mol. The lowest BCUT2D eigenvalue weighted by atomic mass is 10.1. The topological polar surface area (TPSA) is 57.7 Å². The molecule has 130 valence electrons. The van der Waals surface area contributed by atoms with E-state index in [1.807, 2.05) is 54.6 Å². The molecule has 0 saturated carbocycles. The minimum Gasteiger partial charge on any atom is -0.288 e. The van der Waals surface area contributed by atoms with Crippen LogP contribution in [0.15, 0.2) is 54.6 Å². The van der Waals surface area contributed by atoms with Gasteiger partial charge in [0, 0.05) is 11.4 Å². The number of benzene rings is 2. The number of anilines is 2. The van der Waals surface area contributed by atoms with Crippen LogP contribution >= 0.6 is 0 Å². The smallest absolute Gasteiger partial charge is 0.288 e. The molecule has 6 heteroatoms. The number of amides is 2.